The van der Waals surface area contributed by atoms with E-state index in [1.165, 1.54) is 48.5 Å². The molecule has 234 valence electrons. The standard InChI is InChI=1S/C28H22Cl2N10O6/c29-13-5-7-15-17(9-13)35-25(43)21(33-15)19(37-39-27(31)45)23(41)11-1-2-12(4-3-11)24(42)20(38-40-28(32)46)22-26(44)36-18-10-14(30)6-8-16(18)34-22/h1-10,23-24,41-42H,(H,35,43)(H,36,44)(H3,31,39,45)(H3,32,40,46)/b37-19-,38-20+/t23-,24-/m1/s1. The zero-order valence-corrected chi connectivity index (χ0v) is 24.7. The summed E-state index contributed by atoms with van der Waals surface area (Å²) < 4.78 is 0. The predicted octanol–water partition coefficient (Wildman–Crippen LogP) is 1.68. The molecule has 16 nitrogen and oxygen atoms in total. The summed E-state index contributed by atoms with van der Waals surface area (Å²) in [5.74, 6) is 0. The summed E-state index contributed by atoms with van der Waals surface area (Å²) in [5.41, 5.74) is 13.0. The van der Waals surface area contributed by atoms with Crippen molar-refractivity contribution in [3.05, 3.63) is 114 Å². The monoisotopic (exact) mass is 664 g/mol. The number of halogens is 2. The van der Waals surface area contributed by atoms with E-state index in [9.17, 15) is 29.4 Å². The first-order valence-electron chi connectivity index (χ1n) is 13.0. The lowest BCUT2D eigenvalue weighted by Gasteiger charge is -2.17. The van der Waals surface area contributed by atoms with E-state index in [1.54, 1.807) is 12.1 Å². The molecule has 0 unspecified atom stereocenters. The second-order valence-electron chi connectivity index (χ2n) is 9.57. The van der Waals surface area contributed by atoms with Gasteiger partial charge < -0.3 is 31.6 Å². The maximum absolute atomic E-state index is 12.9. The average Bonchev–Trinajstić information content (AvgIpc) is 3.01. The fourth-order valence-electron chi connectivity index (χ4n) is 4.36. The van der Waals surface area contributed by atoms with Gasteiger partial charge in [-0.25, -0.2) is 30.4 Å². The fraction of sp³-hybridized carbons (Fsp3) is 0.0714. The zero-order valence-electron chi connectivity index (χ0n) is 23.2. The summed E-state index contributed by atoms with van der Waals surface area (Å²) in [6.07, 6.45) is -3.28. The number of hydrazone groups is 2. The van der Waals surface area contributed by atoms with Crippen LogP contribution in [0.25, 0.3) is 22.1 Å². The van der Waals surface area contributed by atoms with Crippen molar-refractivity contribution >= 4 is 68.8 Å². The van der Waals surface area contributed by atoms with Gasteiger partial charge in [-0.05, 0) is 47.5 Å². The van der Waals surface area contributed by atoms with Crippen LogP contribution in [0.3, 0.4) is 0 Å². The number of amides is 4. The Labute approximate surface area is 266 Å². The number of urea groups is 2. The van der Waals surface area contributed by atoms with Crippen molar-refractivity contribution in [1.29, 1.82) is 0 Å². The van der Waals surface area contributed by atoms with Gasteiger partial charge in [0.05, 0.1) is 22.1 Å². The maximum atomic E-state index is 12.9. The van der Waals surface area contributed by atoms with E-state index < -0.39 is 35.4 Å². The van der Waals surface area contributed by atoms with Gasteiger partial charge in [0.25, 0.3) is 11.1 Å². The number of H-pyrrole nitrogens is 2. The van der Waals surface area contributed by atoms with Crippen LogP contribution in [0.4, 0.5) is 9.59 Å². The lowest BCUT2D eigenvalue weighted by Crippen LogP contribution is -2.31. The molecule has 46 heavy (non-hydrogen) atoms. The molecule has 0 aliphatic rings. The topological polar surface area (TPSA) is 267 Å². The molecule has 0 aliphatic heterocycles. The van der Waals surface area contributed by atoms with Gasteiger partial charge in [0.15, 0.2) is 11.4 Å². The molecule has 2 aromatic heterocycles. The minimum absolute atomic E-state index is 0.144. The minimum Gasteiger partial charge on any atom is -0.382 e. The number of hydrogen-bond donors (Lipinski definition) is 8. The van der Waals surface area contributed by atoms with E-state index in [-0.39, 0.29) is 33.9 Å². The van der Waals surface area contributed by atoms with Crippen molar-refractivity contribution < 1.29 is 19.8 Å². The summed E-state index contributed by atoms with van der Waals surface area (Å²) >= 11 is 12.0. The van der Waals surface area contributed by atoms with E-state index in [0.717, 1.165) is 0 Å². The first kappa shape index (κ1) is 31.7. The molecule has 0 bridgehead atoms. The summed E-state index contributed by atoms with van der Waals surface area (Å²) in [5, 5.41) is 30.9. The molecule has 2 heterocycles. The smallest absolute Gasteiger partial charge is 0.332 e. The fourth-order valence-corrected chi connectivity index (χ4v) is 4.70. The Hall–Kier alpha value is -5.68. The van der Waals surface area contributed by atoms with E-state index in [1.807, 2.05) is 10.9 Å². The summed E-state index contributed by atoms with van der Waals surface area (Å²) in [4.78, 5) is 62.5. The third-order valence-electron chi connectivity index (χ3n) is 6.45. The van der Waals surface area contributed by atoms with Crippen LogP contribution in [0.2, 0.25) is 10.0 Å². The lowest BCUT2D eigenvalue weighted by molar-refractivity contribution is 0.240. The normalized spacial score (nSPS) is 13.4. The summed E-state index contributed by atoms with van der Waals surface area (Å²) in [6.45, 7) is 0. The number of aliphatic hydroxyl groups is 2. The number of rotatable bonds is 8. The van der Waals surface area contributed by atoms with Crippen LogP contribution in [-0.2, 0) is 0 Å². The van der Waals surface area contributed by atoms with Crippen molar-refractivity contribution in [2.45, 2.75) is 12.2 Å². The number of aromatic nitrogens is 4. The molecule has 0 fully saturated rings. The molecular weight excluding hydrogens is 643 g/mol. The second-order valence-corrected chi connectivity index (χ2v) is 10.4. The minimum atomic E-state index is -1.64. The molecule has 0 spiro atoms. The molecule has 5 rings (SSSR count). The molecule has 3 aromatic carbocycles. The van der Waals surface area contributed by atoms with E-state index in [0.29, 0.717) is 32.1 Å². The predicted molar refractivity (Wildman–Crippen MR) is 170 cm³/mol. The summed E-state index contributed by atoms with van der Waals surface area (Å²) in [6, 6.07) is 12.5. The highest BCUT2D eigenvalue weighted by atomic mass is 35.5. The number of nitrogens with two attached hydrogens (primary N) is 2. The number of benzene rings is 3. The quantitative estimate of drug-likeness (QED) is 0.0890. The molecule has 18 heteroatoms. The number of primary amides is 2. The number of aromatic amines is 2. The number of carbonyl (C=O) groups excluding carboxylic acids is 2. The molecule has 0 radical (unpaired) electrons. The van der Waals surface area contributed by atoms with Crippen LogP contribution in [0, 0.1) is 0 Å². The second kappa shape index (κ2) is 13.1. The average molecular weight is 665 g/mol. The molecule has 0 aliphatic carbocycles. The van der Waals surface area contributed by atoms with Crippen LogP contribution in [0.5, 0.6) is 0 Å². The van der Waals surface area contributed by atoms with E-state index in [2.05, 4.69) is 30.1 Å². The number of carbonyl (C=O) groups is 2. The first-order valence-corrected chi connectivity index (χ1v) is 13.8. The SMILES string of the molecule is NC(=O)N/N=C(/c1nc2ccc(Cl)cc2[nH]c1=O)[C@H](O)c1ccc([C@@H](O)/C(=N/NC(N)=O)c2nc3ccc(Cl)cc3[nH]c2=O)cc1. The van der Waals surface area contributed by atoms with Crippen LogP contribution in [0.15, 0.2) is 80.5 Å². The van der Waals surface area contributed by atoms with E-state index in [4.69, 9.17) is 34.7 Å². The van der Waals surface area contributed by atoms with Crippen molar-refractivity contribution in [3.63, 3.8) is 0 Å². The molecule has 10 N–H and O–H groups in total. The number of aliphatic hydroxyl groups excluding tert-OH is 2. The van der Waals surface area contributed by atoms with Crippen LogP contribution in [-0.4, -0.2) is 53.6 Å². The Morgan fingerprint density at radius 1 is 0.696 bits per heavy atom. The Bertz CT molecular complexity index is 2030. The maximum Gasteiger partial charge on any atom is 0.332 e. The first-order chi connectivity index (χ1) is 21.9. The third-order valence-corrected chi connectivity index (χ3v) is 6.92. The zero-order chi connectivity index (χ0) is 33.1. The van der Waals surface area contributed by atoms with Crippen LogP contribution >= 0.6 is 23.2 Å². The van der Waals surface area contributed by atoms with Crippen molar-refractivity contribution in [2.75, 3.05) is 0 Å². The third kappa shape index (κ3) is 6.84. The van der Waals surface area contributed by atoms with Gasteiger partial charge in [0, 0.05) is 10.0 Å². The largest absolute Gasteiger partial charge is 0.382 e. The highest BCUT2D eigenvalue weighted by molar-refractivity contribution is 6.31. The Morgan fingerprint density at radius 3 is 1.41 bits per heavy atom. The van der Waals surface area contributed by atoms with Crippen molar-refractivity contribution in [3.8, 4) is 0 Å². The van der Waals surface area contributed by atoms with Crippen molar-refractivity contribution in [2.24, 2.45) is 21.7 Å². The van der Waals surface area contributed by atoms with Gasteiger partial charge in [-0.3, -0.25) is 9.59 Å². The summed E-state index contributed by atoms with van der Waals surface area (Å²) in [7, 11) is 0. The Balaban J connectivity index is 1.51. The molecule has 5 aromatic rings. The van der Waals surface area contributed by atoms with Crippen LogP contribution in [0.1, 0.15) is 34.7 Å². The van der Waals surface area contributed by atoms with Gasteiger partial charge in [-0.15, -0.1) is 0 Å². The lowest BCUT2D eigenvalue weighted by atomic mass is 9.97. The molecular formula is C28H22Cl2N10O6. The molecule has 0 saturated heterocycles. The highest BCUT2D eigenvalue weighted by Gasteiger charge is 2.26. The van der Waals surface area contributed by atoms with Gasteiger partial charge >= 0.3 is 12.1 Å². The van der Waals surface area contributed by atoms with E-state index >= 15 is 0 Å². The molecule has 2 atom stereocenters. The Kier molecular flexibility index (Phi) is 9.06. The molecule has 4 amide bonds. The Morgan fingerprint density at radius 2 is 1.07 bits per heavy atom. The van der Waals surface area contributed by atoms with Crippen molar-refractivity contribution in [1.82, 2.24) is 30.8 Å². The highest BCUT2D eigenvalue weighted by Crippen LogP contribution is 2.24. The number of nitrogens with zero attached hydrogens (tertiary/aromatic N) is 4. The number of hydrogen-bond acceptors (Lipinski definition) is 10. The molecule has 0 saturated carbocycles. The van der Waals surface area contributed by atoms with Gasteiger partial charge in [-0.2, -0.15) is 10.2 Å². The van der Waals surface area contributed by atoms with Gasteiger partial charge in [0.1, 0.15) is 23.6 Å². The van der Waals surface area contributed by atoms with Gasteiger partial charge in [0.2, 0.25) is 0 Å². The van der Waals surface area contributed by atoms with Crippen LogP contribution < -0.4 is 33.4 Å². The van der Waals surface area contributed by atoms with Gasteiger partial charge in [-0.1, -0.05) is 47.5 Å². The number of nitrogens with one attached hydrogen (secondary N) is 4. The number of fused-ring (bicyclic) bond motifs is 2.